The number of nitrogens with zero attached hydrogens (tertiary/aromatic N) is 1. The Hall–Kier alpha value is -0.160. The van der Waals surface area contributed by atoms with E-state index in [0.717, 1.165) is 32.5 Å². The van der Waals surface area contributed by atoms with Crippen LogP contribution in [0.4, 0.5) is 0 Å². The van der Waals surface area contributed by atoms with Crippen molar-refractivity contribution in [3.8, 4) is 0 Å². The summed E-state index contributed by atoms with van der Waals surface area (Å²) >= 11 is 0. The van der Waals surface area contributed by atoms with E-state index in [-0.39, 0.29) is 12.1 Å². The van der Waals surface area contributed by atoms with Gasteiger partial charge in [-0.1, -0.05) is 0 Å². The number of rotatable bonds is 5. The van der Waals surface area contributed by atoms with E-state index in [9.17, 15) is 5.11 Å². The number of aliphatic hydroxyl groups excluding tert-OH is 1. The molecule has 4 heteroatoms. The van der Waals surface area contributed by atoms with E-state index in [4.69, 9.17) is 4.74 Å². The maximum absolute atomic E-state index is 9.43. The average Bonchev–Trinajstić information content (AvgIpc) is 2.53. The molecule has 0 amide bonds. The summed E-state index contributed by atoms with van der Waals surface area (Å²) in [6.45, 7) is 9.57. The standard InChI is InChI=1S/C13H28N2O2/c1-11(8-13(3,10-16)14-4)15-6-5-7-17-12(2)9-15/h11-12,14,16H,5-10H2,1-4H3. The summed E-state index contributed by atoms with van der Waals surface area (Å²) in [6, 6.07) is 0.462. The SMILES string of the molecule is CNC(C)(CO)CC(C)N1CCCOC(C)C1. The van der Waals surface area contributed by atoms with Crippen LogP contribution in [0.25, 0.3) is 0 Å². The summed E-state index contributed by atoms with van der Waals surface area (Å²) in [6.07, 6.45) is 2.37. The second-order valence-corrected chi connectivity index (χ2v) is 5.55. The van der Waals surface area contributed by atoms with Crippen LogP contribution >= 0.6 is 0 Å². The Morgan fingerprint density at radius 1 is 1.59 bits per heavy atom. The fourth-order valence-electron chi connectivity index (χ4n) is 2.45. The molecule has 0 bridgehead atoms. The minimum Gasteiger partial charge on any atom is -0.394 e. The van der Waals surface area contributed by atoms with Crippen LogP contribution in [-0.2, 0) is 4.74 Å². The van der Waals surface area contributed by atoms with Gasteiger partial charge in [0.15, 0.2) is 0 Å². The predicted octanol–water partition coefficient (Wildman–Crippen LogP) is 0.846. The minimum atomic E-state index is -0.185. The van der Waals surface area contributed by atoms with Crippen LogP contribution in [0, 0.1) is 0 Å². The van der Waals surface area contributed by atoms with Crippen molar-refractivity contribution in [1.29, 1.82) is 0 Å². The number of nitrogens with one attached hydrogen (secondary N) is 1. The van der Waals surface area contributed by atoms with Gasteiger partial charge in [0.2, 0.25) is 0 Å². The highest BCUT2D eigenvalue weighted by molar-refractivity contribution is 4.86. The molecule has 4 nitrogen and oxygen atoms in total. The highest BCUT2D eigenvalue weighted by Gasteiger charge is 2.28. The van der Waals surface area contributed by atoms with Crippen molar-refractivity contribution >= 4 is 0 Å². The Morgan fingerprint density at radius 3 is 2.88 bits per heavy atom. The van der Waals surface area contributed by atoms with Crippen LogP contribution in [0.5, 0.6) is 0 Å². The zero-order valence-electron chi connectivity index (χ0n) is 11.7. The molecule has 0 aliphatic carbocycles. The van der Waals surface area contributed by atoms with Crippen molar-refractivity contribution in [2.24, 2.45) is 0 Å². The van der Waals surface area contributed by atoms with Gasteiger partial charge in [-0.15, -0.1) is 0 Å². The van der Waals surface area contributed by atoms with Crippen LogP contribution in [0.2, 0.25) is 0 Å². The lowest BCUT2D eigenvalue weighted by Gasteiger charge is -2.36. The summed E-state index contributed by atoms with van der Waals surface area (Å²) in [5, 5.41) is 12.7. The molecule has 1 aliphatic rings. The molecule has 1 aliphatic heterocycles. The van der Waals surface area contributed by atoms with Gasteiger partial charge < -0.3 is 15.2 Å². The van der Waals surface area contributed by atoms with Gasteiger partial charge >= 0.3 is 0 Å². The first-order valence-electron chi connectivity index (χ1n) is 6.66. The number of aliphatic hydroxyl groups is 1. The lowest BCUT2D eigenvalue weighted by molar-refractivity contribution is 0.0556. The Kier molecular flexibility index (Phi) is 5.86. The first kappa shape index (κ1) is 14.9. The maximum atomic E-state index is 9.43. The molecule has 1 heterocycles. The molecule has 1 fully saturated rings. The van der Waals surface area contributed by atoms with Crippen molar-refractivity contribution in [3.05, 3.63) is 0 Å². The van der Waals surface area contributed by atoms with Crippen LogP contribution in [0.3, 0.4) is 0 Å². The second-order valence-electron chi connectivity index (χ2n) is 5.55. The molecule has 0 aromatic rings. The molecule has 0 aromatic heterocycles. The van der Waals surface area contributed by atoms with Gasteiger partial charge in [0.1, 0.15) is 0 Å². The van der Waals surface area contributed by atoms with Crippen molar-refractivity contribution in [2.45, 2.75) is 51.3 Å². The molecule has 0 radical (unpaired) electrons. The smallest absolute Gasteiger partial charge is 0.0673 e. The van der Waals surface area contributed by atoms with E-state index in [1.54, 1.807) is 0 Å². The highest BCUT2D eigenvalue weighted by Crippen LogP contribution is 2.18. The Balaban J connectivity index is 2.52. The lowest BCUT2D eigenvalue weighted by atomic mass is 9.94. The van der Waals surface area contributed by atoms with E-state index < -0.39 is 0 Å². The van der Waals surface area contributed by atoms with Crippen molar-refractivity contribution < 1.29 is 9.84 Å². The third kappa shape index (κ3) is 4.54. The molecule has 17 heavy (non-hydrogen) atoms. The first-order chi connectivity index (χ1) is 8.00. The molecule has 0 aromatic carbocycles. The van der Waals surface area contributed by atoms with Crippen LogP contribution in [-0.4, -0.2) is 61.0 Å². The van der Waals surface area contributed by atoms with Crippen molar-refractivity contribution in [2.75, 3.05) is 33.4 Å². The molecule has 0 saturated carbocycles. The Labute approximate surface area is 105 Å². The largest absolute Gasteiger partial charge is 0.394 e. The van der Waals surface area contributed by atoms with Gasteiger partial charge in [-0.2, -0.15) is 0 Å². The zero-order chi connectivity index (χ0) is 12.9. The minimum absolute atomic E-state index is 0.174. The van der Waals surface area contributed by atoms with Crippen LogP contribution < -0.4 is 5.32 Å². The summed E-state index contributed by atoms with van der Waals surface area (Å²) in [7, 11) is 1.91. The molecule has 2 N–H and O–H groups in total. The van der Waals surface area contributed by atoms with Crippen LogP contribution in [0.1, 0.15) is 33.6 Å². The van der Waals surface area contributed by atoms with E-state index in [1.807, 2.05) is 7.05 Å². The molecular weight excluding hydrogens is 216 g/mol. The number of hydrogen-bond acceptors (Lipinski definition) is 4. The molecule has 0 spiro atoms. The Morgan fingerprint density at radius 2 is 2.29 bits per heavy atom. The van der Waals surface area contributed by atoms with E-state index in [1.165, 1.54) is 0 Å². The van der Waals surface area contributed by atoms with Crippen molar-refractivity contribution in [3.63, 3.8) is 0 Å². The topological polar surface area (TPSA) is 44.7 Å². The summed E-state index contributed by atoms with van der Waals surface area (Å²) in [4.78, 5) is 2.48. The molecule has 102 valence electrons. The van der Waals surface area contributed by atoms with E-state index in [2.05, 4.69) is 31.0 Å². The first-order valence-corrected chi connectivity index (χ1v) is 6.66. The van der Waals surface area contributed by atoms with Gasteiger partial charge in [-0.25, -0.2) is 0 Å². The van der Waals surface area contributed by atoms with Gasteiger partial charge in [-0.3, -0.25) is 4.90 Å². The summed E-state index contributed by atoms with van der Waals surface area (Å²) < 4.78 is 5.66. The molecule has 3 atom stereocenters. The van der Waals surface area contributed by atoms with E-state index >= 15 is 0 Å². The van der Waals surface area contributed by atoms with E-state index in [0.29, 0.717) is 12.1 Å². The molecule has 1 rings (SSSR count). The number of likely N-dealkylation sites (N-methyl/N-ethyl adjacent to an activating group) is 1. The zero-order valence-corrected chi connectivity index (χ0v) is 11.7. The van der Waals surface area contributed by atoms with Gasteiger partial charge in [0, 0.05) is 31.3 Å². The summed E-state index contributed by atoms with van der Waals surface area (Å²) in [5.41, 5.74) is -0.185. The number of ether oxygens (including phenoxy) is 1. The Bertz CT molecular complexity index is 219. The molecular formula is C13H28N2O2. The fourth-order valence-corrected chi connectivity index (χ4v) is 2.45. The second kappa shape index (κ2) is 6.69. The van der Waals surface area contributed by atoms with Gasteiger partial charge in [0.05, 0.1) is 12.7 Å². The maximum Gasteiger partial charge on any atom is 0.0673 e. The summed E-state index contributed by atoms with van der Waals surface area (Å²) in [5.74, 6) is 0. The normalized spacial score (nSPS) is 28.4. The molecule has 1 saturated heterocycles. The van der Waals surface area contributed by atoms with Gasteiger partial charge in [0.25, 0.3) is 0 Å². The van der Waals surface area contributed by atoms with Crippen molar-refractivity contribution in [1.82, 2.24) is 10.2 Å². The third-order valence-electron chi connectivity index (χ3n) is 3.81. The average molecular weight is 244 g/mol. The lowest BCUT2D eigenvalue weighted by Crippen LogP contribution is -2.50. The quantitative estimate of drug-likeness (QED) is 0.752. The number of hydrogen-bond donors (Lipinski definition) is 2. The fraction of sp³-hybridized carbons (Fsp3) is 1.00. The molecule has 3 unspecified atom stereocenters. The van der Waals surface area contributed by atoms with Crippen LogP contribution in [0.15, 0.2) is 0 Å². The highest BCUT2D eigenvalue weighted by atomic mass is 16.5. The monoisotopic (exact) mass is 244 g/mol. The third-order valence-corrected chi connectivity index (χ3v) is 3.81. The van der Waals surface area contributed by atoms with Gasteiger partial charge in [-0.05, 0) is 40.7 Å². The predicted molar refractivity (Wildman–Crippen MR) is 70.2 cm³/mol.